The number of hydrogen-bond donors (Lipinski definition) is 1. The highest BCUT2D eigenvalue weighted by molar-refractivity contribution is 5.81. The van der Waals surface area contributed by atoms with Gasteiger partial charge in [0.2, 0.25) is 0 Å². The van der Waals surface area contributed by atoms with E-state index in [4.69, 9.17) is 5.73 Å². The number of nitrogens with zero attached hydrogens (tertiary/aromatic N) is 3. The molecular formula is C16H18N4. The number of para-hydroxylation sites is 1. The van der Waals surface area contributed by atoms with Crippen molar-refractivity contribution in [1.82, 2.24) is 14.5 Å². The van der Waals surface area contributed by atoms with Gasteiger partial charge in [-0.3, -0.25) is 4.98 Å². The van der Waals surface area contributed by atoms with Gasteiger partial charge >= 0.3 is 0 Å². The number of imidazole rings is 1. The number of nitrogens with two attached hydrogens (primary N) is 1. The Morgan fingerprint density at radius 3 is 2.95 bits per heavy atom. The highest BCUT2D eigenvalue weighted by Crippen LogP contribution is 2.19. The Bertz CT molecular complexity index is 712. The van der Waals surface area contributed by atoms with Crippen LogP contribution in [0.25, 0.3) is 10.9 Å². The Hall–Kier alpha value is -2.20. The molecule has 0 saturated heterocycles. The summed E-state index contributed by atoms with van der Waals surface area (Å²) in [4.78, 5) is 8.72. The zero-order valence-electron chi connectivity index (χ0n) is 11.5. The Kier molecular flexibility index (Phi) is 3.48. The molecule has 1 atom stereocenters. The maximum absolute atomic E-state index is 6.13. The van der Waals surface area contributed by atoms with Crippen molar-refractivity contribution in [2.45, 2.75) is 25.9 Å². The van der Waals surface area contributed by atoms with Crippen molar-refractivity contribution in [2.24, 2.45) is 5.73 Å². The van der Waals surface area contributed by atoms with Crippen molar-refractivity contribution in [3.05, 3.63) is 60.3 Å². The lowest BCUT2D eigenvalue weighted by molar-refractivity contribution is 0.619. The fourth-order valence-electron chi connectivity index (χ4n) is 2.46. The van der Waals surface area contributed by atoms with Gasteiger partial charge in [-0.1, -0.05) is 31.2 Å². The second-order valence-electron chi connectivity index (χ2n) is 4.95. The van der Waals surface area contributed by atoms with E-state index in [9.17, 15) is 0 Å². The third kappa shape index (κ3) is 2.30. The molecule has 102 valence electrons. The molecule has 0 spiro atoms. The van der Waals surface area contributed by atoms with Crippen LogP contribution in [0.4, 0.5) is 0 Å². The number of rotatable bonds is 4. The highest BCUT2D eigenvalue weighted by atomic mass is 15.1. The molecule has 0 aliphatic heterocycles. The Morgan fingerprint density at radius 1 is 1.25 bits per heavy atom. The third-order valence-electron chi connectivity index (χ3n) is 3.62. The molecule has 0 saturated carbocycles. The lowest BCUT2D eigenvalue weighted by atomic mass is 10.1. The van der Waals surface area contributed by atoms with Crippen LogP contribution in [0.5, 0.6) is 0 Å². The number of fused-ring (bicyclic) bond motifs is 1. The normalized spacial score (nSPS) is 12.7. The van der Waals surface area contributed by atoms with Crippen LogP contribution >= 0.6 is 0 Å². The summed E-state index contributed by atoms with van der Waals surface area (Å²) in [7, 11) is 0. The van der Waals surface area contributed by atoms with E-state index in [1.54, 1.807) is 0 Å². The van der Waals surface area contributed by atoms with E-state index in [1.165, 1.54) is 5.56 Å². The zero-order valence-corrected chi connectivity index (χ0v) is 11.5. The van der Waals surface area contributed by atoms with E-state index in [2.05, 4.69) is 45.7 Å². The summed E-state index contributed by atoms with van der Waals surface area (Å²) < 4.78 is 2.11. The van der Waals surface area contributed by atoms with Gasteiger partial charge in [0.05, 0.1) is 24.1 Å². The van der Waals surface area contributed by atoms with Crippen LogP contribution in [-0.4, -0.2) is 14.5 Å². The maximum Gasteiger partial charge on any atom is 0.0951 e. The summed E-state index contributed by atoms with van der Waals surface area (Å²) in [6.07, 6.45) is 6.43. The SMILES string of the molecule is CC[C@@H](N)c1cncn1Cc1cccc2cccnc12. The molecule has 2 heterocycles. The molecule has 3 aromatic rings. The van der Waals surface area contributed by atoms with Gasteiger partial charge in [-0.25, -0.2) is 4.98 Å². The monoisotopic (exact) mass is 266 g/mol. The largest absolute Gasteiger partial charge is 0.329 e. The predicted molar refractivity (Wildman–Crippen MR) is 80.3 cm³/mol. The molecule has 3 rings (SSSR count). The first kappa shape index (κ1) is 12.8. The molecule has 0 bridgehead atoms. The van der Waals surface area contributed by atoms with Crippen LogP contribution < -0.4 is 5.73 Å². The van der Waals surface area contributed by atoms with Gasteiger partial charge in [0, 0.05) is 23.8 Å². The first-order chi connectivity index (χ1) is 9.79. The lowest BCUT2D eigenvalue weighted by Gasteiger charge is -2.13. The molecule has 0 aliphatic rings. The molecule has 2 aromatic heterocycles. The minimum atomic E-state index is 0.0282. The molecule has 0 fully saturated rings. The second kappa shape index (κ2) is 5.43. The van der Waals surface area contributed by atoms with Crippen molar-refractivity contribution < 1.29 is 0 Å². The van der Waals surface area contributed by atoms with Crippen LogP contribution in [0.15, 0.2) is 49.1 Å². The molecule has 0 radical (unpaired) electrons. The predicted octanol–water partition coefficient (Wildman–Crippen LogP) is 2.89. The summed E-state index contributed by atoms with van der Waals surface area (Å²) >= 11 is 0. The zero-order chi connectivity index (χ0) is 13.9. The summed E-state index contributed by atoms with van der Waals surface area (Å²) in [6, 6.07) is 10.3. The van der Waals surface area contributed by atoms with Crippen molar-refractivity contribution >= 4 is 10.9 Å². The van der Waals surface area contributed by atoms with Gasteiger partial charge in [0.1, 0.15) is 0 Å². The van der Waals surface area contributed by atoms with Crippen molar-refractivity contribution in [1.29, 1.82) is 0 Å². The molecule has 0 unspecified atom stereocenters. The van der Waals surface area contributed by atoms with E-state index in [0.29, 0.717) is 0 Å². The van der Waals surface area contributed by atoms with Gasteiger partial charge in [0.15, 0.2) is 0 Å². The van der Waals surface area contributed by atoms with E-state index in [-0.39, 0.29) is 6.04 Å². The molecule has 4 nitrogen and oxygen atoms in total. The number of hydrogen-bond acceptors (Lipinski definition) is 3. The number of aromatic nitrogens is 3. The minimum absolute atomic E-state index is 0.0282. The Balaban J connectivity index is 2.00. The lowest BCUT2D eigenvalue weighted by Crippen LogP contribution is -2.15. The van der Waals surface area contributed by atoms with Crippen molar-refractivity contribution in [3.8, 4) is 0 Å². The number of benzene rings is 1. The first-order valence-electron chi connectivity index (χ1n) is 6.88. The molecular weight excluding hydrogens is 248 g/mol. The van der Waals surface area contributed by atoms with E-state index >= 15 is 0 Å². The van der Waals surface area contributed by atoms with Gasteiger partial charge in [-0.2, -0.15) is 0 Å². The number of pyridine rings is 1. The average Bonchev–Trinajstić information content (AvgIpc) is 2.95. The standard InChI is InChI=1S/C16H18N4/c1-2-14(17)15-9-18-11-20(15)10-13-6-3-5-12-7-4-8-19-16(12)13/h3-9,11,14H,2,10,17H2,1H3/t14-/m1/s1. The van der Waals surface area contributed by atoms with Gasteiger partial charge < -0.3 is 10.3 Å². The van der Waals surface area contributed by atoms with Crippen LogP contribution in [-0.2, 0) is 6.54 Å². The molecule has 20 heavy (non-hydrogen) atoms. The fourth-order valence-corrected chi connectivity index (χ4v) is 2.46. The summed E-state index contributed by atoms with van der Waals surface area (Å²) in [5, 5.41) is 1.16. The minimum Gasteiger partial charge on any atom is -0.329 e. The molecule has 2 N–H and O–H groups in total. The summed E-state index contributed by atoms with van der Waals surface area (Å²) in [6.45, 7) is 2.83. The van der Waals surface area contributed by atoms with Crippen LogP contribution in [0.2, 0.25) is 0 Å². The van der Waals surface area contributed by atoms with Crippen LogP contribution in [0.1, 0.15) is 30.6 Å². The topological polar surface area (TPSA) is 56.7 Å². The summed E-state index contributed by atoms with van der Waals surface area (Å²) in [5.41, 5.74) is 9.43. The van der Waals surface area contributed by atoms with E-state index in [1.807, 2.05) is 24.8 Å². The smallest absolute Gasteiger partial charge is 0.0951 e. The van der Waals surface area contributed by atoms with E-state index in [0.717, 1.165) is 29.6 Å². The molecule has 1 aromatic carbocycles. The second-order valence-corrected chi connectivity index (χ2v) is 4.95. The first-order valence-corrected chi connectivity index (χ1v) is 6.88. The third-order valence-corrected chi connectivity index (χ3v) is 3.62. The maximum atomic E-state index is 6.13. The Morgan fingerprint density at radius 2 is 2.10 bits per heavy atom. The Labute approximate surface area is 118 Å². The quantitative estimate of drug-likeness (QED) is 0.790. The van der Waals surface area contributed by atoms with E-state index < -0.39 is 0 Å². The van der Waals surface area contributed by atoms with Crippen LogP contribution in [0.3, 0.4) is 0 Å². The van der Waals surface area contributed by atoms with Gasteiger partial charge in [-0.05, 0) is 18.1 Å². The van der Waals surface area contributed by atoms with Crippen molar-refractivity contribution in [2.75, 3.05) is 0 Å². The average molecular weight is 266 g/mol. The van der Waals surface area contributed by atoms with Gasteiger partial charge in [-0.15, -0.1) is 0 Å². The molecule has 0 amide bonds. The summed E-state index contributed by atoms with van der Waals surface area (Å²) in [5.74, 6) is 0. The molecule has 0 aliphatic carbocycles. The highest BCUT2D eigenvalue weighted by Gasteiger charge is 2.11. The molecule has 4 heteroatoms. The van der Waals surface area contributed by atoms with Crippen molar-refractivity contribution in [3.63, 3.8) is 0 Å². The van der Waals surface area contributed by atoms with Crippen LogP contribution in [0, 0.1) is 0 Å². The fraction of sp³-hybridized carbons (Fsp3) is 0.250. The van der Waals surface area contributed by atoms with Gasteiger partial charge in [0.25, 0.3) is 0 Å².